The Kier molecular flexibility index (Phi) is 3.12. The van der Waals surface area contributed by atoms with Crippen molar-refractivity contribution in [2.24, 2.45) is 0 Å². The molecule has 0 aromatic carbocycles. The molecule has 2 atom stereocenters. The second kappa shape index (κ2) is 4.76. The lowest BCUT2D eigenvalue weighted by Crippen LogP contribution is -2.51. The fourth-order valence-electron chi connectivity index (χ4n) is 3.21. The van der Waals surface area contributed by atoms with E-state index >= 15 is 0 Å². The molecule has 0 aliphatic carbocycles. The van der Waals surface area contributed by atoms with Crippen LogP contribution in [-0.4, -0.2) is 32.7 Å². The summed E-state index contributed by atoms with van der Waals surface area (Å²) in [7, 11) is 0. The average molecular weight is 245 g/mol. The molecule has 1 aromatic rings. The molecule has 96 valence electrons. The first-order valence-electron chi connectivity index (χ1n) is 6.77. The van der Waals surface area contributed by atoms with Crippen molar-refractivity contribution in [1.82, 2.24) is 14.9 Å². The van der Waals surface area contributed by atoms with Crippen molar-refractivity contribution in [3.63, 3.8) is 0 Å². The Morgan fingerprint density at radius 3 is 2.56 bits per heavy atom. The fraction of sp³-hybridized carbons (Fsp3) is 0.643. The number of Topliss-reactive ketones (excluding diaryl/α,β-unsaturated/α-hetero) is 1. The quantitative estimate of drug-likeness (QED) is 0.798. The number of fused-ring (bicyclic) bond motifs is 2. The smallest absolute Gasteiger partial charge is 0.136 e. The van der Waals surface area contributed by atoms with Crippen LogP contribution in [0.3, 0.4) is 0 Å². The molecule has 18 heavy (non-hydrogen) atoms. The standard InChI is InChI=1S/C14H19N3O/c1-10-7-16-11(8-15-10)9-17-12-3-2-4-13(17)6-14(18)5-12/h7-8,12-13H,2-6,9H2,1H3. The number of nitrogens with zero attached hydrogens (tertiary/aromatic N) is 3. The van der Waals surface area contributed by atoms with E-state index in [1.807, 2.05) is 19.3 Å². The third-order valence-corrected chi connectivity index (χ3v) is 4.12. The second-order valence-corrected chi connectivity index (χ2v) is 5.51. The number of piperidine rings is 2. The largest absolute Gasteiger partial charge is 0.300 e. The zero-order valence-electron chi connectivity index (χ0n) is 10.8. The lowest BCUT2D eigenvalue weighted by atomic mass is 9.84. The summed E-state index contributed by atoms with van der Waals surface area (Å²) in [5.74, 6) is 0.441. The van der Waals surface area contributed by atoms with Crippen molar-refractivity contribution in [3.8, 4) is 0 Å². The number of aryl methyl sites for hydroxylation is 1. The van der Waals surface area contributed by atoms with Gasteiger partial charge in [0.05, 0.1) is 11.4 Å². The predicted molar refractivity (Wildman–Crippen MR) is 68.0 cm³/mol. The second-order valence-electron chi connectivity index (χ2n) is 5.51. The van der Waals surface area contributed by atoms with E-state index in [1.54, 1.807) is 0 Å². The molecule has 1 aromatic heterocycles. The molecule has 2 aliphatic heterocycles. The van der Waals surface area contributed by atoms with Gasteiger partial charge in [-0.3, -0.25) is 19.7 Å². The van der Waals surface area contributed by atoms with E-state index in [0.29, 0.717) is 17.9 Å². The molecule has 2 unspecified atom stereocenters. The highest BCUT2D eigenvalue weighted by atomic mass is 16.1. The predicted octanol–water partition coefficient (Wildman–Crippen LogP) is 1.87. The minimum Gasteiger partial charge on any atom is -0.300 e. The van der Waals surface area contributed by atoms with E-state index in [0.717, 1.165) is 43.6 Å². The molecule has 3 heterocycles. The van der Waals surface area contributed by atoms with Crippen LogP contribution in [0, 0.1) is 6.92 Å². The van der Waals surface area contributed by atoms with E-state index in [1.165, 1.54) is 6.42 Å². The molecule has 2 aliphatic rings. The third-order valence-electron chi connectivity index (χ3n) is 4.12. The Labute approximate surface area is 107 Å². The summed E-state index contributed by atoms with van der Waals surface area (Å²) in [5.41, 5.74) is 1.97. The van der Waals surface area contributed by atoms with Gasteiger partial charge in [0.1, 0.15) is 5.78 Å². The van der Waals surface area contributed by atoms with Gasteiger partial charge in [0.15, 0.2) is 0 Å². The Morgan fingerprint density at radius 2 is 1.94 bits per heavy atom. The van der Waals surface area contributed by atoms with E-state index in [9.17, 15) is 4.79 Å². The Morgan fingerprint density at radius 1 is 1.22 bits per heavy atom. The van der Waals surface area contributed by atoms with Crippen LogP contribution in [0.25, 0.3) is 0 Å². The summed E-state index contributed by atoms with van der Waals surface area (Å²) in [5, 5.41) is 0. The first-order chi connectivity index (χ1) is 8.72. The molecule has 2 fully saturated rings. The molecule has 0 spiro atoms. The molecule has 0 N–H and O–H groups in total. The summed E-state index contributed by atoms with van der Waals surface area (Å²) < 4.78 is 0. The van der Waals surface area contributed by atoms with Crippen molar-refractivity contribution in [3.05, 3.63) is 23.8 Å². The summed E-state index contributed by atoms with van der Waals surface area (Å²) in [6.45, 7) is 2.79. The van der Waals surface area contributed by atoms with E-state index < -0.39 is 0 Å². The number of carbonyl (C=O) groups is 1. The van der Waals surface area contributed by atoms with Gasteiger partial charge in [-0.1, -0.05) is 6.42 Å². The van der Waals surface area contributed by atoms with Crippen molar-refractivity contribution < 1.29 is 4.79 Å². The molecule has 4 heteroatoms. The van der Waals surface area contributed by atoms with Crippen LogP contribution < -0.4 is 0 Å². The molecule has 0 radical (unpaired) electrons. The first-order valence-corrected chi connectivity index (χ1v) is 6.77. The van der Waals surface area contributed by atoms with Gasteiger partial charge in [0.25, 0.3) is 0 Å². The number of ketones is 1. The van der Waals surface area contributed by atoms with Gasteiger partial charge in [0, 0.05) is 43.9 Å². The number of hydrogen-bond acceptors (Lipinski definition) is 4. The molecular formula is C14H19N3O. The molecule has 2 saturated heterocycles. The van der Waals surface area contributed by atoms with Crippen LogP contribution >= 0.6 is 0 Å². The molecule has 3 rings (SSSR count). The monoisotopic (exact) mass is 245 g/mol. The van der Waals surface area contributed by atoms with Crippen LogP contribution in [0.15, 0.2) is 12.4 Å². The van der Waals surface area contributed by atoms with Gasteiger partial charge < -0.3 is 0 Å². The summed E-state index contributed by atoms with van der Waals surface area (Å²) in [6.07, 6.45) is 8.72. The average Bonchev–Trinajstić information content (AvgIpc) is 2.33. The van der Waals surface area contributed by atoms with Gasteiger partial charge >= 0.3 is 0 Å². The number of rotatable bonds is 2. The molecule has 0 saturated carbocycles. The van der Waals surface area contributed by atoms with Gasteiger partial charge in [-0.25, -0.2) is 0 Å². The highest BCUT2D eigenvalue weighted by Gasteiger charge is 2.37. The number of aromatic nitrogens is 2. The maximum Gasteiger partial charge on any atom is 0.136 e. The Balaban J connectivity index is 1.75. The fourth-order valence-corrected chi connectivity index (χ4v) is 3.21. The van der Waals surface area contributed by atoms with Crippen LogP contribution in [0.1, 0.15) is 43.5 Å². The molecule has 0 amide bonds. The van der Waals surface area contributed by atoms with Gasteiger partial charge in [0.2, 0.25) is 0 Å². The van der Waals surface area contributed by atoms with E-state index in [2.05, 4.69) is 14.9 Å². The van der Waals surface area contributed by atoms with Crippen molar-refractivity contribution in [2.75, 3.05) is 0 Å². The maximum atomic E-state index is 11.7. The normalized spacial score (nSPS) is 28.4. The van der Waals surface area contributed by atoms with Crippen LogP contribution in [0.2, 0.25) is 0 Å². The Hall–Kier alpha value is -1.29. The molecule has 2 bridgehead atoms. The summed E-state index contributed by atoms with van der Waals surface area (Å²) in [6, 6.07) is 0.876. The van der Waals surface area contributed by atoms with Crippen molar-refractivity contribution >= 4 is 5.78 Å². The highest BCUT2D eigenvalue weighted by molar-refractivity contribution is 5.80. The summed E-state index contributed by atoms with van der Waals surface area (Å²) >= 11 is 0. The van der Waals surface area contributed by atoms with Crippen molar-refractivity contribution in [2.45, 2.75) is 57.7 Å². The van der Waals surface area contributed by atoms with Crippen molar-refractivity contribution in [1.29, 1.82) is 0 Å². The Bertz CT molecular complexity index is 427. The third kappa shape index (κ3) is 2.29. The number of carbonyl (C=O) groups excluding carboxylic acids is 1. The summed E-state index contributed by atoms with van der Waals surface area (Å²) in [4.78, 5) is 22.9. The van der Waals surface area contributed by atoms with Gasteiger partial charge in [-0.2, -0.15) is 0 Å². The topological polar surface area (TPSA) is 46.1 Å². The molecule has 4 nitrogen and oxygen atoms in total. The first kappa shape index (κ1) is 11.8. The lowest BCUT2D eigenvalue weighted by molar-refractivity contribution is -0.127. The van der Waals surface area contributed by atoms with Crippen LogP contribution in [0.4, 0.5) is 0 Å². The van der Waals surface area contributed by atoms with Gasteiger partial charge in [-0.15, -0.1) is 0 Å². The van der Waals surface area contributed by atoms with Crippen LogP contribution in [0.5, 0.6) is 0 Å². The SMILES string of the molecule is Cc1cnc(CN2C3CCCC2CC(=O)C3)cn1. The van der Waals surface area contributed by atoms with E-state index in [4.69, 9.17) is 0 Å². The lowest BCUT2D eigenvalue weighted by Gasteiger charge is -2.45. The zero-order valence-corrected chi connectivity index (χ0v) is 10.8. The highest BCUT2D eigenvalue weighted by Crippen LogP contribution is 2.33. The molecular weight excluding hydrogens is 226 g/mol. The van der Waals surface area contributed by atoms with E-state index in [-0.39, 0.29) is 0 Å². The number of hydrogen-bond donors (Lipinski definition) is 0. The maximum absolute atomic E-state index is 11.7. The van der Waals surface area contributed by atoms with Crippen LogP contribution in [-0.2, 0) is 11.3 Å². The zero-order chi connectivity index (χ0) is 12.5. The van der Waals surface area contributed by atoms with Gasteiger partial charge in [-0.05, 0) is 19.8 Å². The minimum atomic E-state index is 0.438. The minimum absolute atomic E-state index is 0.438.